The third kappa shape index (κ3) is 7.76. The second-order valence-corrected chi connectivity index (χ2v) is 7.59. The standard InChI is InChI=1S/C24H30O6/c1(3-13-25-19-5-9-21(10-6-19)27-15-23-17-29-23)2-4-14-26-20-7-11-22(12-8-20)28-16-24-18-30-24/h5-12,23-24H,1-4,13-18H2. The molecule has 162 valence electrons. The maximum Gasteiger partial charge on any atom is 0.119 e. The lowest BCUT2D eigenvalue weighted by Gasteiger charge is -2.09. The molecule has 0 aromatic heterocycles. The SMILES string of the molecule is c1cc(OCC2CO2)ccc1OCCCCCCOc1ccc(OCC2CO2)cc1. The first kappa shape index (κ1) is 20.8. The van der Waals surface area contributed by atoms with Crippen molar-refractivity contribution < 1.29 is 28.4 Å². The van der Waals surface area contributed by atoms with Gasteiger partial charge in [-0.3, -0.25) is 0 Å². The van der Waals surface area contributed by atoms with E-state index < -0.39 is 0 Å². The number of unbranched alkanes of at least 4 members (excludes halogenated alkanes) is 3. The van der Waals surface area contributed by atoms with Crippen LogP contribution in [0.5, 0.6) is 23.0 Å². The van der Waals surface area contributed by atoms with Gasteiger partial charge in [0.15, 0.2) is 0 Å². The highest BCUT2D eigenvalue weighted by Gasteiger charge is 2.23. The molecule has 0 amide bonds. The summed E-state index contributed by atoms with van der Waals surface area (Å²) in [6, 6.07) is 15.6. The average Bonchev–Trinajstić information content (AvgIpc) is 3.69. The van der Waals surface area contributed by atoms with Gasteiger partial charge in [-0.2, -0.15) is 0 Å². The Balaban J connectivity index is 0.992. The molecule has 0 spiro atoms. The molecular formula is C24H30O6. The lowest BCUT2D eigenvalue weighted by Crippen LogP contribution is -2.04. The summed E-state index contributed by atoms with van der Waals surface area (Å²) >= 11 is 0. The molecule has 2 saturated heterocycles. The first-order chi connectivity index (χ1) is 14.8. The zero-order valence-corrected chi connectivity index (χ0v) is 17.3. The third-order valence-electron chi connectivity index (χ3n) is 4.90. The summed E-state index contributed by atoms with van der Waals surface area (Å²) in [4.78, 5) is 0. The first-order valence-corrected chi connectivity index (χ1v) is 10.8. The Kier molecular flexibility index (Phi) is 7.69. The second-order valence-electron chi connectivity index (χ2n) is 7.59. The van der Waals surface area contributed by atoms with Crippen molar-refractivity contribution in [3.63, 3.8) is 0 Å². The van der Waals surface area contributed by atoms with Crippen LogP contribution in [0.1, 0.15) is 25.7 Å². The molecule has 2 atom stereocenters. The van der Waals surface area contributed by atoms with Crippen LogP contribution in [0, 0.1) is 0 Å². The summed E-state index contributed by atoms with van der Waals surface area (Å²) in [7, 11) is 0. The molecule has 2 unspecified atom stereocenters. The van der Waals surface area contributed by atoms with Crippen molar-refractivity contribution in [3.8, 4) is 23.0 Å². The van der Waals surface area contributed by atoms with Crippen LogP contribution in [-0.2, 0) is 9.47 Å². The molecule has 2 fully saturated rings. The molecule has 0 bridgehead atoms. The second kappa shape index (κ2) is 11.1. The number of hydrogen-bond acceptors (Lipinski definition) is 6. The molecule has 0 N–H and O–H groups in total. The molecule has 2 heterocycles. The minimum absolute atomic E-state index is 0.277. The molecule has 0 aliphatic carbocycles. The fourth-order valence-corrected chi connectivity index (χ4v) is 2.91. The normalized spacial score (nSPS) is 19.2. The summed E-state index contributed by atoms with van der Waals surface area (Å²) < 4.78 is 33.1. The van der Waals surface area contributed by atoms with Gasteiger partial charge in [-0.25, -0.2) is 0 Å². The summed E-state index contributed by atoms with van der Waals surface area (Å²) in [5.41, 5.74) is 0. The highest BCUT2D eigenvalue weighted by molar-refractivity contribution is 5.32. The molecule has 2 aromatic rings. The van der Waals surface area contributed by atoms with Gasteiger partial charge in [-0.05, 0) is 74.2 Å². The Bertz CT molecular complexity index is 672. The van der Waals surface area contributed by atoms with Crippen molar-refractivity contribution >= 4 is 0 Å². The molecule has 6 nitrogen and oxygen atoms in total. The highest BCUT2D eigenvalue weighted by Crippen LogP contribution is 2.21. The van der Waals surface area contributed by atoms with Gasteiger partial charge in [0, 0.05) is 0 Å². The Labute approximate surface area is 178 Å². The Hall–Kier alpha value is -2.44. The van der Waals surface area contributed by atoms with E-state index in [2.05, 4.69) is 0 Å². The van der Waals surface area contributed by atoms with Gasteiger partial charge in [-0.1, -0.05) is 0 Å². The largest absolute Gasteiger partial charge is 0.494 e. The van der Waals surface area contributed by atoms with E-state index in [-0.39, 0.29) is 12.2 Å². The van der Waals surface area contributed by atoms with E-state index in [0.717, 1.165) is 75.1 Å². The maximum absolute atomic E-state index is 5.79. The zero-order valence-electron chi connectivity index (χ0n) is 17.3. The van der Waals surface area contributed by atoms with Crippen molar-refractivity contribution in [1.82, 2.24) is 0 Å². The molecule has 2 aliphatic rings. The number of hydrogen-bond donors (Lipinski definition) is 0. The van der Waals surface area contributed by atoms with Crippen molar-refractivity contribution in [2.75, 3.05) is 39.6 Å². The van der Waals surface area contributed by atoms with E-state index in [1.807, 2.05) is 48.5 Å². The first-order valence-electron chi connectivity index (χ1n) is 10.8. The molecule has 2 aliphatic heterocycles. The Morgan fingerprint density at radius 2 is 0.867 bits per heavy atom. The van der Waals surface area contributed by atoms with Crippen molar-refractivity contribution in [2.24, 2.45) is 0 Å². The molecule has 6 heteroatoms. The lowest BCUT2D eigenvalue weighted by atomic mass is 10.2. The van der Waals surface area contributed by atoms with Crippen LogP contribution < -0.4 is 18.9 Å². The van der Waals surface area contributed by atoms with Crippen LogP contribution in [0.4, 0.5) is 0 Å². The van der Waals surface area contributed by atoms with Crippen LogP contribution in [0.2, 0.25) is 0 Å². The van der Waals surface area contributed by atoms with Gasteiger partial charge in [0.05, 0.1) is 26.4 Å². The molecular weight excluding hydrogens is 384 g/mol. The Morgan fingerprint density at radius 3 is 1.20 bits per heavy atom. The molecule has 2 aromatic carbocycles. The molecule has 30 heavy (non-hydrogen) atoms. The molecule has 0 saturated carbocycles. The van der Waals surface area contributed by atoms with Crippen LogP contribution in [0.3, 0.4) is 0 Å². The summed E-state index contributed by atoms with van der Waals surface area (Å²) in [6.45, 7) is 4.33. The number of benzene rings is 2. The fourth-order valence-electron chi connectivity index (χ4n) is 2.91. The molecule has 4 rings (SSSR count). The van der Waals surface area contributed by atoms with Gasteiger partial charge >= 0.3 is 0 Å². The smallest absolute Gasteiger partial charge is 0.119 e. The predicted octanol–water partition coefficient (Wildman–Crippen LogP) is 4.26. The summed E-state index contributed by atoms with van der Waals surface area (Å²) in [5.74, 6) is 3.47. The maximum atomic E-state index is 5.79. The van der Waals surface area contributed by atoms with Gasteiger partial charge in [0.1, 0.15) is 48.4 Å². The van der Waals surface area contributed by atoms with Gasteiger partial charge in [0.25, 0.3) is 0 Å². The summed E-state index contributed by atoms with van der Waals surface area (Å²) in [6.07, 6.45) is 4.88. The zero-order chi connectivity index (χ0) is 20.4. The van der Waals surface area contributed by atoms with Crippen molar-refractivity contribution in [1.29, 1.82) is 0 Å². The van der Waals surface area contributed by atoms with Crippen LogP contribution in [-0.4, -0.2) is 51.8 Å². The van der Waals surface area contributed by atoms with E-state index in [1.165, 1.54) is 0 Å². The van der Waals surface area contributed by atoms with Gasteiger partial charge < -0.3 is 28.4 Å². The van der Waals surface area contributed by atoms with E-state index in [4.69, 9.17) is 28.4 Å². The van der Waals surface area contributed by atoms with Crippen molar-refractivity contribution in [3.05, 3.63) is 48.5 Å². The van der Waals surface area contributed by atoms with Gasteiger partial charge in [0.2, 0.25) is 0 Å². The average molecular weight is 414 g/mol. The number of epoxide rings is 2. The quantitative estimate of drug-likeness (QED) is 0.321. The molecule has 0 radical (unpaired) electrons. The van der Waals surface area contributed by atoms with Crippen LogP contribution >= 0.6 is 0 Å². The fraction of sp³-hybridized carbons (Fsp3) is 0.500. The van der Waals surface area contributed by atoms with Crippen molar-refractivity contribution in [2.45, 2.75) is 37.9 Å². The third-order valence-corrected chi connectivity index (χ3v) is 4.90. The van der Waals surface area contributed by atoms with Gasteiger partial charge in [-0.15, -0.1) is 0 Å². The minimum Gasteiger partial charge on any atom is -0.494 e. The number of rotatable bonds is 15. The van der Waals surface area contributed by atoms with Crippen LogP contribution in [0.25, 0.3) is 0 Å². The monoisotopic (exact) mass is 414 g/mol. The van der Waals surface area contributed by atoms with E-state index in [0.29, 0.717) is 13.2 Å². The lowest BCUT2D eigenvalue weighted by molar-refractivity contribution is 0.261. The predicted molar refractivity (Wildman–Crippen MR) is 113 cm³/mol. The Morgan fingerprint density at radius 1 is 0.533 bits per heavy atom. The topological polar surface area (TPSA) is 62.0 Å². The minimum atomic E-state index is 0.277. The van der Waals surface area contributed by atoms with E-state index in [9.17, 15) is 0 Å². The van der Waals surface area contributed by atoms with Crippen LogP contribution in [0.15, 0.2) is 48.5 Å². The van der Waals surface area contributed by atoms with E-state index >= 15 is 0 Å². The number of ether oxygens (including phenoxy) is 6. The summed E-state index contributed by atoms with van der Waals surface area (Å²) in [5, 5.41) is 0. The highest BCUT2D eigenvalue weighted by atomic mass is 16.6. The van der Waals surface area contributed by atoms with E-state index in [1.54, 1.807) is 0 Å².